The Labute approximate surface area is 104 Å². The molecule has 2 N–H and O–H groups in total. The number of anilines is 1. The average molecular weight is 249 g/mol. The second-order valence-electron chi connectivity index (χ2n) is 3.25. The van der Waals surface area contributed by atoms with E-state index < -0.39 is 0 Å². The van der Waals surface area contributed by atoms with Gasteiger partial charge in [0.1, 0.15) is 0 Å². The normalized spacial score (nSPS) is 10.6. The first-order valence-electron chi connectivity index (χ1n) is 4.30. The van der Waals surface area contributed by atoms with E-state index in [1.165, 1.54) is 5.69 Å². The van der Waals surface area contributed by atoms with E-state index in [1.54, 1.807) is 6.08 Å². The highest BCUT2D eigenvalue weighted by molar-refractivity contribution is 5.85. The van der Waals surface area contributed by atoms with E-state index in [4.69, 9.17) is 5.73 Å². The zero-order valence-corrected chi connectivity index (χ0v) is 10.6. The fourth-order valence-corrected chi connectivity index (χ4v) is 1.13. The molecule has 0 aliphatic rings. The van der Waals surface area contributed by atoms with Crippen LogP contribution in [0.5, 0.6) is 0 Å². The summed E-state index contributed by atoms with van der Waals surface area (Å²) in [7, 11) is 4.03. The Hall–Kier alpha value is -0.700. The summed E-state index contributed by atoms with van der Waals surface area (Å²) in [5.41, 5.74) is 8.07. The molecule has 1 atom stereocenters. The Morgan fingerprint density at radius 2 is 1.67 bits per heavy atom. The SMILES string of the molecule is C=C[C@@H](N)c1ccc(N(C)C)cc1.Cl.Cl. The molecule has 0 amide bonds. The van der Waals surface area contributed by atoms with Crippen LogP contribution >= 0.6 is 24.8 Å². The molecule has 1 rings (SSSR count). The van der Waals surface area contributed by atoms with Crippen molar-refractivity contribution in [2.75, 3.05) is 19.0 Å². The highest BCUT2D eigenvalue weighted by atomic mass is 35.5. The van der Waals surface area contributed by atoms with Crippen molar-refractivity contribution in [2.45, 2.75) is 6.04 Å². The van der Waals surface area contributed by atoms with Gasteiger partial charge in [0.25, 0.3) is 0 Å². The number of hydrogen-bond donors (Lipinski definition) is 1. The van der Waals surface area contributed by atoms with E-state index in [2.05, 4.69) is 23.6 Å². The number of rotatable bonds is 3. The summed E-state index contributed by atoms with van der Waals surface area (Å²) in [6.07, 6.45) is 1.74. The molecule has 2 nitrogen and oxygen atoms in total. The second-order valence-corrected chi connectivity index (χ2v) is 3.25. The highest BCUT2D eigenvalue weighted by Gasteiger charge is 2.00. The maximum Gasteiger partial charge on any atom is 0.0478 e. The van der Waals surface area contributed by atoms with Gasteiger partial charge in [-0.25, -0.2) is 0 Å². The molecule has 0 bridgehead atoms. The van der Waals surface area contributed by atoms with Gasteiger partial charge in [-0.1, -0.05) is 18.2 Å². The number of nitrogens with zero attached hydrogens (tertiary/aromatic N) is 1. The van der Waals surface area contributed by atoms with Crippen LogP contribution in [0.15, 0.2) is 36.9 Å². The van der Waals surface area contributed by atoms with Gasteiger partial charge in [-0.15, -0.1) is 31.4 Å². The van der Waals surface area contributed by atoms with Crippen molar-refractivity contribution in [1.29, 1.82) is 0 Å². The van der Waals surface area contributed by atoms with Crippen LogP contribution in [0.2, 0.25) is 0 Å². The summed E-state index contributed by atoms with van der Waals surface area (Å²) in [5, 5.41) is 0. The molecule has 0 aliphatic heterocycles. The van der Waals surface area contributed by atoms with Crippen molar-refractivity contribution in [3.8, 4) is 0 Å². The molecule has 1 aromatic carbocycles. The van der Waals surface area contributed by atoms with Gasteiger partial charge in [0, 0.05) is 25.8 Å². The molecule has 0 spiro atoms. The van der Waals surface area contributed by atoms with Crippen LogP contribution in [0.4, 0.5) is 5.69 Å². The molecule has 0 unspecified atom stereocenters. The molecular formula is C11H18Cl2N2. The third-order valence-corrected chi connectivity index (χ3v) is 2.05. The molecule has 0 saturated carbocycles. The van der Waals surface area contributed by atoms with Gasteiger partial charge >= 0.3 is 0 Å². The van der Waals surface area contributed by atoms with E-state index in [9.17, 15) is 0 Å². The number of hydrogen-bond acceptors (Lipinski definition) is 2. The summed E-state index contributed by atoms with van der Waals surface area (Å²) >= 11 is 0. The molecule has 4 heteroatoms. The zero-order valence-electron chi connectivity index (χ0n) is 9.01. The van der Waals surface area contributed by atoms with Gasteiger partial charge in [0.15, 0.2) is 0 Å². The topological polar surface area (TPSA) is 29.3 Å². The predicted octanol–water partition coefficient (Wildman–Crippen LogP) is 2.78. The Morgan fingerprint density at radius 3 is 2.00 bits per heavy atom. The van der Waals surface area contributed by atoms with Crippen LogP contribution in [0.3, 0.4) is 0 Å². The third-order valence-electron chi connectivity index (χ3n) is 2.05. The second kappa shape index (κ2) is 7.57. The van der Waals surface area contributed by atoms with Crippen molar-refractivity contribution in [3.63, 3.8) is 0 Å². The van der Waals surface area contributed by atoms with Gasteiger partial charge in [0.2, 0.25) is 0 Å². The van der Waals surface area contributed by atoms with Crippen LogP contribution in [-0.4, -0.2) is 14.1 Å². The van der Waals surface area contributed by atoms with Crippen molar-refractivity contribution in [3.05, 3.63) is 42.5 Å². The Bertz CT molecular complexity index is 283. The minimum absolute atomic E-state index is 0. The highest BCUT2D eigenvalue weighted by Crippen LogP contribution is 2.16. The maximum atomic E-state index is 5.79. The summed E-state index contributed by atoms with van der Waals surface area (Å²) in [6.45, 7) is 3.66. The van der Waals surface area contributed by atoms with Crippen LogP contribution in [-0.2, 0) is 0 Å². The van der Waals surface area contributed by atoms with Crippen molar-refractivity contribution < 1.29 is 0 Å². The minimum atomic E-state index is -0.0591. The molecule has 0 saturated heterocycles. The Morgan fingerprint density at radius 1 is 1.20 bits per heavy atom. The summed E-state index contributed by atoms with van der Waals surface area (Å²) < 4.78 is 0. The number of nitrogens with two attached hydrogens (primary N) is 1. The molecule has 15 heavy (non-hydrogen) atoms. The van der Waals surface area contributed by atoms with Crippen LogP contribution in [0.25, 0.3) is 0 Å². The fourth-order valence-electron chi connectivity index (χ4n) is 1.13. The van der Waals surface area contributed by atoms with Gasteiger partial charge in [-0.3, -0.25) is 0 Å². The van der Waals surface area contributed by atoms with Crippen LogP contribution < -0.4 is 10.6 Å². The molecule has 0 aromatic heterocycles. The van der Waals surface area contributed by atoms with E-state index >= 15 is 0 Å². The summed E-state index contributed by atoms with van der Waals surface area (Å²) in [4.78, 5) is 2.06. The van der Waals surface area contributed by atoms with Gasteiger partial charge in [-0.05, 0) is 17.7 Å². The first-order chi connectivity index (χ1) is 6.15. The first-order valence-corrected chi connectivity index (χ1v) is 4.30. The number of halogens is 2. The van der Waals surface area contributed by atoms with E-state index in [0.717, 1.165) is 5.56 Å². The lowest BCUT2D eigenvalue weighted by Gasteiger charge is -2.13. The standard InChI is InChI=1S/C11H16N2.2ClH/c1-4-11(12)9-5-7-10(8-6-9)13(2)3;;/h4-8,11H,1,12H2,2-3H3;2*1H/t11-;;/m1../s1. The lowest BCUT2D eigenvalue weighted by Crippen LogP contribution is -2.10. The quantitative estimate of drug-likeness (QED) is 0.834. The molecule has 86 valence electrons. The largest absolute Gasteiger partial charge is 0.378 e. The smallest absolute Gasteiger partial charge is 0.0478 e. The fraction of sp³-hybridized carbons (Fsp3) is 0.273. The number of benzene rings is 1. The van der Waals surface area contributed by atoms with Crippen LogP contribution in [0, 0.1) is 0 Å². The molecule has 1 aromatic rings. The molecular weight excluding hydrogens is 231 g/mol. The molecule has 0 aliphatic carbocycles. The van der Waals surface area contributed by atoms with Gasteiger partial charge < -0.3 is 10.6 Å². The molecule has 0 heterocycles. The summed E-state index contributed by atoms with van der Waals surface area (Å²) in [6, 6.07) is 8.11. The van der Waals surface area contributed by atoms with E-state index in [0.29, 0.717) is 0 Å². The van der Waals surface area contributed by atoms with Crippen molar-refractivity contribution >= 4 is 30.5 Å². The molecule has 0 radical (unpaired) electrons. The lowest BCUT2D eigenvalue weighted by atomic mass is 10.1. The maximum absolute atomic E-state index is 5.79. The zero-order chi connectivity index (χ0) is 9.84. The predicted molar refractivity (Wildman–Crippen MR) is 72.4 cm³/mol. The minimum Gasteiger partial charge on any atom is -0.378 e. The van der Waals surface area contributed by atoms with Gasteiger partial charge in [0.05, 0.1) is 0 Å². The molecule has 0 fully saturated rings. The third kappa shape index (κ3) is 4.56. The van der Waals surface area contributed by atoms with Crippen molar-refractivity contribution in [2.24, 2.45) is 5.73 Å². The lowest BCUT2D eigenvalue weighted by molar-refractivity contribution is 0.913. The average Bonchev–Trinajstić information content (AvgIpc) is 2.17. The first kappa shape index (κ1) is 16.7. The van der Waals surface area contributed by atoms with Crippen LogP contribution in [0.1, 0.15) is 11.6 Å². The Kier molecular flexibility index (Phi) is 8.44. The van der Waals surface area contributed by atoms with E-state index in [1.807, 2.05) is 26.2 Å². The summed E-state index contributed by atoms with van der Waals surface area (Å²) in [5.74, 6) is 0. The Balaban J connectivity index is 0. The van der Waals surface area contributed by atoms with Crippen molar-refractivity contribution in [1.82, 2.24) is 0 Å². The monoisotopic (exact) mass is 248 g/mol. The van der Waals surface area contributed by atoms with E-state index in [-0.39, 0.29) is 30.9 Å². The van der Waals surface area contributed by atoms with Gasteiger partial charge in [-0.2, -0.15) is 0 Å².